The highest BCUT2D eigenvalue weighted by Gasteiger charge is 2.27. The standard InChI is InChI=1S/C29H37N5O9/c1-16(42-29(40)43-20-5-3-2-4-6-20)41-27(39)21(13-14-22(35)36)32-25(37)18-10-7-17(8-11-18)9-12-19-15-31-24-23(19)26(38)34-28(30)33-24/h7-8,10-11,15-16,20-22,35-36H,2-6,9,12-14H2,1H3,(H,32,37)(H4,30,31,33,34,38)/t16?,21-/m0/s1. The third-order valence-electron chi connectivity index (χ3n) is 7.20. The van der Waals surface area contributed by atoms with E-state index in [4.69, 9.17) is 19.9 Å². The number of esters is 1. The Kier molecular flexibility index (Phi) is 10.7. The van der Waals surface area contributed by atoms with Crippen LogP contribution in [0.15, 0.2) is 35.3 Å². The van der Waals surface area contributed by atoms with E-state index in [1.54, 1.807) is 30.5 Å². The van der Waals surface area contributed by atoms with Crippen LogP contribution in [0, 0.1) is 0 Å². The third kappa shape index (κ3) is 9.03. The maximum atomic E-state index is 12.9. The molecular formula is C29H37N5O9. The molecule has 232 valence electrons. The quantitative estimate of drug-likeness (QED) is 0.131. The molecule has 1 saturated carbocycles. The van der Waals surface area contributed by atoms with Crippen molar-refractivity contribution >= 4 is 35.0 Å². The number of nitrogens with one attached hydrogen (secondary N) is 3. The van der Waals surface area contributed by atoms with Crippen LogP contribution in [0.3, 0.4) is 0 Å². The minimum absolute atomic E-state index is 0.0280. The first-order valence-corrected chi connectivity index (χ1v) is 14.3. The number of ether oxygens (including phenoxy) is 3. The molecule has 0 saturated heterocycles. The van der Waals surface area contributed by atoms with Crippen LogP contribution in [-0.2, 0) is 31.8 Å². The summed E-state index contributed by atoms with van der Waals surface area (Å²) in [6.07, 6.45) is 2.82. The molecule has 43 heavy (non-hydrogen) atoms. The lowest BCUT2D eigenvalue weighted by Crippen LogP contribution is -2.43. The molecule has 0 aliphatic heterocycles. The number of aliphatic hydroxyl groups excluding tert-OH is 1. The first-order valence-electron chi connectivity index (χ1n) is 14.3. The summed E-state index contributed by atoms with van der Waals surface area (Å²) in [6.45, 7) is 1.34. The molecule has 1 aromatic carbocycles. The second-order valence-electron chi connectivity index (χ2n) is 10.5. The molecular weight excluding hydrogens is 562 g/mol. The molecule has 0 bridgehead atoms. The van der Waals surface area contributed by atoms with E-state index in [0.717, 1.165) is 43.2 Å². The van der Waals surface area contributed by atoms with Crippen LogP contribution in [0.5, 0.6) is 0 Å². The largest absolute Gasteiger partial charge is 0.511 e. The summed E-state index contributed by atoms with van der Waals surface area (Å²) in [5.74, 6) is -1.47. The minimum atomic E-state index is -1.70. The van der Waals surface area contributed by atoms with Gasteiger partial charge < -0.3 is 40.5 Å². The number of aromatic amines is 2. The number of carbonyl (C=O) groups is 3. The molecule has 7 N–H and O–H groups in total. The molecule has 2 aromatic heterocycles. The van der Waals surface area contributed by atoms with Gasteiger partial charge in [0.2, 0.25) is 12.2 Å². The zero-order valence-corrected chi connectivity index (χ0v) is 23.8. The second kappa shape index (κ2) is 14.6. The van der Waals surface area contributed by atoms with Crippen LogP contribution in [0.1, 0.15) is 73.4 Å². The first-order chi connectivity index (χ1) is 20.6. The number of anilines is 1. The number of fused-ring (bicyclic) bond motifs is 1. The zero-order valence-electron chi connectivity index (χ0n) is 23.8. The summed E-state index contributed by atoms with van der Waals surface area (Å²) in [7, 11) is 0. The first kappa shape index (κ1) is 31.5. The Balaban J connectivity index is 1.31. The van der Waals surface area contributed by atoms with Gasteiger partial charge in [-0.3, -0.25) is 14.6 Å². The molecule has 2 atom stereocenters. The average molecular weight is 600 g/mol. The Morgan fingerprint density at radius 3 is 2.49 bits per heavy atom. The van der Waals surface area contributed by atoms with E-state index in [-0.39, 0.29) is 36.0 Å². The average Bonchev–Trinajstić information content (AvgIpc) is 3.37. The Morgan fingerprint density at radius 2 is 1.79 bits per heavy atom. The van der Waals surface area contributed by atoms with Crippen molar-refractivity contribution < 1.29 is 38.8 Å². The zero-order chi connectivity index (χ0) is 30.9. The summed E-state index contributed by atoms with van der Waals surface area (Å²) in [6, 6.07) is 5.44. The van der Waals surface area contributed by atoms with E-state index >= 15 is 0 Å². The van der Waals surface area contributed by atoms with Crippen LogP contribution in [-0.4, -0.2) is 67.9 Å². The van der Waals surface area contributed by atoms with Crippen molar-refractivity contribution in [3.05, 3.63) is 57.5 Å². The lowest BCUT2D eigenvalue weighted by atomic mass is 9.98. The number of aryl methyl sites for hydroxylation is 2. The van der Waals surface area contributed by atoms with E-state index in [1.807, 2.05) is 0 Å². The number of carbonyl (C=O) groups excluding carboxylic acids is 3. The molecule has 1 aliphatic rings. The van der Waals surface area contributed by atoms with Gasteiger partial charge in [-0.2, -0.15) is 4.98 Å². The maximum Gasteiger partial charge on any atom is 0.511 e. The molecule has 14 nitrogen and oxygen atoms in total. The van der Waals surface area contributed by atoms with Gasteiger partial charge in [-0.1, -0.05) is 18.6 Å². The monoisotopic (exact) mass is 599 g/mol. The molecule has 2 heterocycles. The third-order valence-corrected chi connectivity index (χ3v) is 7.20. The number of nitrogens with zero attached hydrogens (tertiary/aromatic N) is 1. The van der Waals surface area contributed by atoms with Crippen LogP contribution in [0.2, 0.25) is 0 Å². The number of hydrogen-bond acceptors (Lipinski definition) is 11. The maximum absolute atomic E-state index is 12.9. The van der Waals surface area contributed by atoms with Gasteiger partial charge in [0, 0.05) is 25.1 Å². The van der Waals surface area contributed by atoms with Gasteiger partial charge in [0.25, 0.3) is 11.5 Å². The van der Waals surface area contributed by atoms with Gasteiger partial charge in [-0.05, 0) is 68.2 Å². The van der Waals surface area contributed by atoms with Gasteiger partial charge in [0.15, 0.2) is 6.29 Å². The number of hydrogen-bond donors (Lipinski definition) is 6. The Bertz CT molecular complexity index is 1460. The van der Waals surface area contributed by atoms with E-state index in [9.17, 15) is 29.4 Å². The number of aromatic nitrogens is 3. The molecule has 4 rings (SSSR count). The van der Waals surface area contributed by atoms with Crippen molar-refractivity contribution in [1.82, 2.24) is 20.3 Å². The number of nitrogens with two attached hydrogens (primary N) is 1. The van der Waals surface area contributed by atoms with Gasteiger partial charge in [0.1, 0.15) is 17.8 Å². The van der Waals surface area contributed by atoms with Gasteiger partial charge >= 0.3 is 12.1 Å². The summed E-state index contributed by atoms with van der Waals surface area (Å²) in [5.41, 5.74) is 7.61. The highest BCUT2D eigenvalue weighted by atomic mass is 16.8. The predicted molar refractivity (Wildman–Crippen MR) is 154 cm³/mol. The van der Waals surface area contributed by atoms with Crippen LogP contribution < -0.4 is 16.6 Å². The number of nitrogen functional groups attached to an aromatic ring is 1. The van der Waals surface area contributed by atoms with Crippen molar-refractivity contribution in [1.29, 1.82) is 0 Å². The van der Waals surface area contributed by atoms with E-state index in [0.29, 0.717) is 23.9 Å². The van der Waals surface area contributed by atoms with Crippen molar-refractivity contribution in [3.63, 3.8) is 0 Å². The highest BCUT2D eigenvalue weighted by Crippen LogP contribution is 2.21. The van der Waals surface area contributed by atoms with Crippen molar-refractivity contribution in [2.75, 3.05) is 5.73 Å². The SMILES string of the molecule is CC(OC(=O)OC1CCCCC1)OC(=O)[C@H](CCC(O)O)NC(=O)c1ccc(CCc2c[nH]c3nc(N)[nH]c(=O)c23)cc1. The minimum Gasteiger partial charge on any atom is -0.431 e. The molecule has 14 heteroatoms. The summed E-state index contributed by atoms with van der Waals surface area (Å²) in [5, 5.41) is 21.6. The van der Waals surface area contributed by atoms with E-state index in [2.05, 4.69) is 20.3 Å². The van der Waals surface area contributed by atoms with Crippen molar-refractivity contribution in [3.8, 4) is 0 Å². The van der Waals surface area contributed by atoms with Crippen LogP contribution in [0.25, 0.3) is 11.0 Å². The van der Waals surface area contributed by atoms with E-state index in [1.165, 1.54) is 6.92 Å². The predicted octanol–water partition coefficient (Wildman–Crippen LogP) is 2.18. The number of H-pyrrole nitrogens is 2. The van der Waals surface area contributed by atoms with E-state index < -0.39 is 36.7 Å². The Labute approximate surface area is 246 Å². The highest BCUT2D eigenvalue weighted by molar-refractivity contribution is 5.96. The topological polar surface area (TPSA) is 219 Å². The lowest BCUT2D eigenvalue weighted by Gasteiger charge is -2.23. The fourth-order valence-corrected chi connectivity index (χ4v) is 4.98. The molecule has 0 radical (unpaired) electrons. The summed E-state index contributed by atoms with van der Waals surface area (Å²) >= 11 is 0. The number of rotatable bonds is 12. The van der Waals surface area contributed by atoms with Crippen LogP contribution >= 0.6 is 0 Å². The van der Waals surface area contributed by atoms with Crippen molar-refractivity contribution in [2.24, 2.45) is 0 Å². The second-order valence-corrected chi connectivity index (χ2v) is 10.5. The fraction of sp³-hybridized carbons (Fsp3) is 0.483. The van der Waals surface area contributed by atoms with Gasteiger partial charge in [-0.25, -0.2) is 9.59 Å². The smallest absolute Gasteiger partial charge is 0.431 e. The molecule has 0 spiro atoms. The Hall–Kier alpha value is -4.43. The molecule has 3 aromatic rings. The summed E-state index contributed by atoms with van der Waals surface area (Å²) in [4.78, 5) is 59.7. The Morgan fingerprint density at radius 1 is 1.07 bits per heavy atom. The van der Waals surface area contributed by atoms with Gasteiger partial charge in [-0.15, -0.1) is 0 Å². The number of benzene rings is 1. The lowest BCUT2D eigenvalue weighted by molar-refractivity contribution is -0.171. The summed E-state index contributed by atoms with van der Waals surface area (Å²) < 4.78 is 15.5. The van der Waals surface area contributed by atoms with Gasteiger partial charge in [0.05, 0.1) is 5.39 Å². The molecule has 1 fully saturated rings. The number of aliphatic hydroxyl groups is 2. The normalized spacial score (nSPS) is 15.2. The van der Waals surface area contributed by atoms with Crippen LogP contribution in [0.4, 0.5) is 10.7 Å². The molecule has 1 amide bonds. The molecule has 1 aliphatic carbocycles. The number of amides is 1. The molecule has 1 unspecified atom stereocenters. The fourth-order valence-electron chi connectivity index (χ4n) is 4.98. The van der Waals surface area contributed by atoms with Crippen molar-refractivity contribution in [2.45, 2.75) is 89.4 Å².